The van der Waals surface area contributed by atoms with Gasteiger partial charge in [0.2, 0.25) is 5.91 Å². The van der Waals surface area contributed by atoms with Crippen LogP contribution in [-0.4, -0.2) is 24.2 Å². The highest BCUT2D eigenvalue weighted by Gasteiger charge is 1.99. The Bertz CT molecular complexity index is 220. The minimum atomic E-state index is 0.0321. The monoisotopic (exact) mass is 329 g/mol. The zero-order valence-corrected chi connectivity index (χ0v) is 16.2. The molecule has 23 heavy (non-hydrogen) atoms. The molecule has 0 fully saturated rings. The first-order valence-electron chi connectivity index (χ1n) is 10.2. The van der Waals surface area contributed by atoms with Crippen molar-refractivity contribution in [2.24, 2.45) is 0 Å². The SMILES string of the molecule is CC.CCCCCCCCCCCCCCCC(=O)NCCO. The molecular weight excluding hydrogens is 286 g/mol. The van der Waals surface area contributed by atoms with Gasteiger partial charge >= 0.3 is 0 Å². The van der Waals surface area contributed by atoms with E-state index in [2.05, 4.69) is 12.2 Å². The largest absolute Gasteiger partial charge is 0.395 e. The van der Waals surface area contributed by atoms with Crippen LogP contribution in [0.15, 0.2) is 0 Å². The first-order chi connectivity index (χ1) is 11.3. The number of unbranched alkanes of at least 4 members (excludes halogenated alkanes) is 12. The van der Waals surface area contributed by atoms with Crippen molar-refractivity contribution >= 4 is 5.91 Å². The van der Waals surface area contributed by atoms with E-state index < -0.39 is 0 Å². The third-order valence-electron chi connectivity index (χ3n) is 3.94. The van der Waals surface area contributed by atoms with Crippen molar-refractivity contribution in [3.8, 4) is 0 Å². The van der Waals surface area contributed by atoms with Gasteiger partial charge in [0.15, 0.2) is 0 Å². The number of hydrogen-bond donors (Lipinski definition) is 2. The highest BCUT2D eigenvalue weighted by molar-refractivity contribution is 5.75. The molecule has 0 aromatic carbocycles. The van der Waals surface area contributed by atoms with Crippen LogP contribution in [0.4, 0.5) is 0 Å². The van der Waals surface area contributed by atoms with Crippen molar-refractivity contribution in [1.29, 1.82) is 0 Å². The van der Waals surface area contributed by atoms with Crippen LogP contribution >= 0.6 is 0 Å². The Morgan fingerprint density at radius 1 is 0.739 bits per heavy atom. The smallest absolute Gasteiger partial charge is 0.220 e. The Morgan fingerprint density at radius 2 is 1.13 bits per heavy atom. The summed E-state index contributed by atoms with van der Waals surface area (Å²) in [6, 6.07) is 0. The van der Waals surface area contributed by atoms with Gasteiger partial charge in [-0.3, -0.25) is 4.79 Å². The molecule has 0 aliphatic rings. The Hall–Kier alpha value is -0.570. The summed E-state index contributed by atoms with van der Waals surface area (Å²) in [6.45, 7) is 6.68. The minimum absolute atomic E-state index is 0.0321. The predicted molar refractivity (Wildman–Crippen MR) is 102 cm³/mol. The summed E-state index contributed by atoms with van der Waals surface area (Å²) in [4.78, 5) is 11.3. The van der Waals surface area contributed by atoms with E-state index in [4.69, 9.17) is 5.11 Å². The van der Waals surface area contributed by atoms with Gasteiger partial charge in [-0.05, 0) is 6.42 Å². The number of carbonyl (C=O) groups excluding carboxylic acids is 1. The normalized spacial score (nSPS) is 10.1. The maximum absolute atomic E-state index is 11.3. The molecule has 2 N–H and O–H groups in total. The molecular formula is C20H43NO2. The standard InChI is InChI=1S/C18H37NO2.C2H6/c1-2-3-4-5-6-7-8-9-10-11-12-13-14-15-18(21)19-16-17-20;1-2/h20H,2-17H2,1H3,(H,19,21);1-2H3. The molecule has 0 radical (unpaired) electrons. The van der Waals surface area contributed by atoms with E-state index in [0.29, 0.717) is 13.0 Å². The number of amides is 1. The van der Waals surface area contributed by atoms with E-state index in [1.807, 2.05) is 13.8 Å². The van der Waals surface area contributed by atoms with Crippen LogP contribution in [0.3, 0.4) is 0 Å². The first kappa shape index (κ1) is 24.7. The average molecular weight is 330 g/mol. The lowest BCUT2D eigenvalue weighted by atomic mass is 10.0. The van der Waals surface area contributed by atoms with Crippen LogP contribution in [0, 0.1) is 0 Å². The van der Waals surface area contributed by atoms with E-state index in [9.17, 15) is 4.79 Å². The number of nitrogens with one attached hydrogen (secondary N) is 1. The Morgan fingerprint density at radius 3 is 1.52 bits per heavy atom. The second-order valence-electron chi connectivity index (χ2n) is 6.07. The summed E-state index contributed by atoms with van der Waals surface area (Å²) < 4.78 is 0. The van der Waals surface area contributed by atoms with Crippen molar-refractivity contribution in [3.63, 3.8) is 0 Å². The number of aliphatic hydroxyl groups excluding tert-OH is 1. The van der Waals surface area contributed by atoms with Crippen molar-refractivity contribution in [1.82, 2.24) is 5.32 Å². The van der Waals surface area contributed by atoms with Crippen LogP contribution in [0.5, 0.6) is 0 Å². The van der Waals surface area contributed by atoms with E-state index in [1.165, 1.54) is 70.6 Å². The van der Waals surface area contributed by atoms with E-state index in [1.54, 1.807) is 0 Å². The van der Waals surface area contributed by atoms with Crippen molar-refractivity contribution in [2.75, 3.05) is 13.2 Å². The number of hydrogen-bond acceptors (Lipinski definition) is 2. The second kappa shape index (κ2) is 23.7. The molecule has 3 nitrogen and oxygen atoms in total. The van der Waals surface area contributed by atoms with Crippen LogP contribution in [0.25, 0.3) is 0 Å². The molecule has 3 heteroatoms. The Balaban J connectivity index is 0. The molecule has 0 heterocycles. The predicted octanol–water partition coefficient (Wildman–Crippen LogP) is 5.60. The fourth-order valence-corrected chi connectivity index (χ4v) is 2.59. The number of rotatable bonds is 16. The highest BCUT2D eigenvalue weighted by Crippen LogP contribution is 2.12. The lowest BCUT2D eigenvalue weighted by Crippen LogP contribution is -2.25. The summed E-state index contributed by atoms with van der Waals surface area (Å²) in [5, 5.41) is 11.3. The summed E-state index contributed by atoms with van der Waals surface area (Å²) in [7, 11) is 0. The number of aliphatic hydroxyl groups is 1. The molecule has 0 saturated heterocycles. The van der Waals surface area contributed by atoms with Gasteiger partial charge in [0.1, 0.15) is 0 Å². The Labute approximate surface area is 145 Å². The maximum Gasteiger partial charge on any atom is 0.220 e. The average Bonchev–Trinajstić information content (AvgIpc) is 2.59. The molecule has 0 saturated carbocycles. The van der Waals surface area contributed by atoms with Gasteiger partial charge in [-0.1, -0.05) is 97.8 Å². The zero-order chi connectivity index (χ0) is 17.6. The lowest BCUT2D eigenvalue weighted by molar-refractivity contribution is -0.121. The van der Waals surface area contributed by atoms with Crippen LogP contribution in [0.2, 0.25) is 0 Å². The fourth-order valence-electron chi connectivity index (χ4n) is 2.59. The molecule has 0 aromatic rings. The van der Waals surface area contributed by atoms with Gasteiger partial charge in [0.25, 0.3) is 0 Å². The molecule has 0 aromatic heterocycles. The quantitative estimate of drug-likeness (QED) is 0.362. The van der Waals surface area contributed by atoms with E-state index in [-0.39, 0.29) is 12.5 Å². The second-order valence-corrected chi connectivity index (χ2v) is 6.07. The van der Waals surface area contributed by atoms with Crippen LogP contribution in [0.1, 0.15) is 111 Å². The maximum atomic E-state index is 11.3. The summed E-state index contributed by atoms with van der Waals surface area (Å²) in [6.07, 6.45) is 17.9. The third-order valence-corrected chi connectivity index (χ3v) is 3.94. The van der Waals surface area contributed by atoms with Crippen molar-refractivity contribution in [2.45, 2.75) is 111 Å². The van der Waals surface area contributed by atoms with Gasteiger partial charge < -0.3 is 10.4 Å². The molecule has 0 bridgehead atoms. The third kappa shape index (κ3) is 23.8. The molecule has 140 valence electrons. The molecule has 0 aliphatic carbocycles. The molecule has 1 amide bonds. The highest BCUT2D eigenvalue weighted by atomic mass is 16.3. The van der Waals surface area contributed by atoms with Gasteiger partial charge in [0, 0.05) is 13.0 Å². The minimum Gasteiger partial charge on any atom is -0.395 e. The number of carbonyl (C=O) groups is 1. The van der Waals surface area contributed by atoms with Crippen LogP contribution < -0.4 is 5.32 Å². The van der Waals surface area contributed by atoms with Gasteiger partial charge in [0.05, 0.1) is 6.61 Å². The zero-order valence-electron chi connectivity index (χ0n) is 16.2. The van der Waals surface area contributed by atoms with Crippen molar-refractivity contribution in [3.05, 3.63) is 0 Å². The van der Waals surface area contributed by atoms with Gasteiger partial charge in [-0.25, -0.2) is 0 Å². The molecule has 0 unspecified atom stereocenters. The van der Waals surface area contributed by atoms with Gasteiger partial charge in [-0.15, -0.1) is 0 Å². The lowest BCUT2D eigenvalue weighted by Gasteiger charge is -2.04. The van der Waals surface area contributed by atoms with Crippen LogP contribution in [-0.2, 0) is 4.79 Å². The summed E-state index contributed by atoms with van der Waals surface area (Å²) >= 11 is 0. The summed E-state index contributed by atoms with van der Waals surface area (Å²) in [5.74, 6) is 0.0760. The molecule has 0 spiro atoms. The van der Waals surface area contributed by atoms with E-state index >= 15 is 0 Å². The molecule has 0 atom stereocenters. The fraction of sp³-hybridized carbons (Fsp3) is 0.950. The first-order valence-corrected chi connectivity index (χ1v) is 10.2. The molecule has 0 aliphatic heterocycles. The van der Waals surface area contributed by atoms with Gasteiger partial charge in [-0.2, -0.15) is 0 Å². The van der Waals surface area contributed by atoms with Crippen molar-refractivity contribution < 1.29 is 9.90 Å². The summed E-state index contributed by atoms with van der Waals surface area (Å²) in [5.41, 5.74) is 0. The van der Waals surface area contributed by atoms with E-state index in [0.717, 1.165) is 12.8 Å². The Kier molecular flexibility index (Phi) is 25.4. The topological polar surface area (TPSA) is 49.3 Å². The molecule has 0 rings (SSSR count).